The summed E-state index contributed by atoms with van der Waals surface area (Å²) in [6.45, 7) is 0. The smallest absolute Gasteiger partial charge is 0.0619 e. The monoisotopic (exact) mass is 691 g/mol. The maximum atomic E-state index is 4.18. The lowest BCUT2D eigenvalue weighted by Crippen LogP contribution is -2.09. The van der Waals surface area contributed by atoms with E-state index in [1.807, 2.05) is 24.5 Å². The Morgan fingerprint density at radius 1 is 0.407 bits per heavy atom. The molecule has 0 atom stereocenters. The number of hydrogen-bond donors (Lipinski definition) is 0. The molecule has 7 aromatic carbocycles. The summed E-state index contributed by atoms with van der Waals surface area (Å²) >= 11 is 0. The molecule has 0 spiro atoms. The van der Waals surface area contributed by atoms with E-state index in [0.29, 0.717) is 0 Å². The van der Waals surface area contributed by atoms with E-state index in [-0.39, 0.29) is 0 Å². The SMILES string of the molecule is C(=Cc1cccc2c(-c3ccccc3)c(-c3ccccc3)n(-c3ccccc3)c12)c1ccc(N(c2ccccc2)c2ccc(-c3ccncc3)cc2)cc1. The lowest BCUT2D eigenvalue weighted by Gasteiger charge is -2.25. The molecule has 0 radical (unpaired) electrons. The molecule has 0 bridgehead atoms. The Kier molecular flexibility index (Phi) is 8.94. The molecule has 0 aliphatic heterocycles. The normalized spacial score (nSPS) is 11.3. The molecule has 3 heteroatoms. The van der Waals surface area contributed by atoms with Crippen LogP contribution in [0.5, 0.6) is 0 Å². The number of nitrogens with zero attached hydrogens (tertiary/aromatic N) is 3. The van der Waals surface area contributed by atoms with Crippen molar-refractivity contribution in [3.8, 4) is 39.2 Å². The van der Waals surface area contributed by atoms with Crippen LogP contribution < -0.4 is 4.90 Å². The van der Waals surface area contributed by atoms with E-state index in [1.165, 1.54) is 33.3 Å². The summed E-state index contributed by atoms with van der Waals surface area (Å²) in [6.07, 6.45) is 8.15. The molecule has 0 saturated heterocycles. The highest BCUT2D eigenvalue weighted by atomic mass is 15.1. The van der Waals surface area contributed by atoms with Gasteiger partial charge < -0.3 is 9.47 Å². The van der Waals surface area contributed by atoms with Gasteiger partial charge in [-0.15, -0.1) is 0 Å². The average molecular weight is 692 g/mol. The van der Waals surface area contributed by atoms with E-state index in [9.17, 15) is 0 Å². The van der Waals surface area contributed by atoms with E-state index in [1.54, 1.807) is 0 Å². The fraction of sp³-hybridized carbons (Fsp3) is 0. The van der Waals surface area contributed by atoms with Gasteiger partial charge in [-0.1, -0.05) is 152 Å². The first-order chi connectivity index (χ1) is 26.8. The molecule has 2 heterocycles. The molecule has 0 aliphatic rings. The Labute approximate surface area is 316 Å². The van der Waals surface area contributed by atoms with Crippen molar-refractivity contribution in [2.45, 2.75) is 0 Å². The van der Waals surface area contributed by atoms with Crippen molar-refractivity contribution in [1.82, 2.24) is 9.55 Å². The van der Waals surface area contributed by atoms with Crippen molar-refractivity contribution < 1.29 is 0 Å². The van der Waals surface area contributed by atoms with Gasteiger partial charge >= 0.3 is 0 Å². The van der Waals surface area contributed by atoms with Crippen LogP contribution in [-0.2, 0) is 0 Å². The van der Waals surface area contributed by atoms with Crippen LogP contribution in [0.3, 0.4) is 0 Å². The van der Waals surface area contributed by atoms with E-state index >= 15 is 0 Å². The van der Waals surface area contributed by atoms with Crippen LogP contribution in [0.4, 0.5) is 17.1 Å². The molecule has 0 saturated carbocycles. The average Bonchev–Trinajstić information content (AvgIpc) is 3.61. The van der Waals surface area contributed by atoms with Gasteiger partial charge in [0, 0.05) is 46.1 Å². The van der Waals surface area contributed by atoms with Gasteiger partial charge in [-0.3, -0.25) is 4.98 Å². The summed E-state index contributed by atoms with van der Waals surface area (Å²) in [4.78, 5) is 6.48. The molecule has 0 unspecified atom stereocenters. The van der Waals surface area contributed by atoms with Gasteiger partial charge in [-0.2, -0.15) is 0 Å². The largest absolute Gasteiger partial charge is 0.311 e. The standard InChI is InChI=1S/C51H37N3/c1-5-14-41(15-6-1)49-48-23-13-18-43(50(48)54(45-21-11-4-12-22-45)51(49)42-16-7-2-8-17-42)27-24-38-25-30-46(31-26-38)53(44-19-9-3-10-20-44)47-32-28-39(29-33-47)40-34-36-52-37-35-40/h1-37H. The predicted octanol–water partition coefficient (Wildman–Crippen LogP) is 13.7. The summed E-state index contributed by atoms with van der Waals surface area (Å²) in [5, 5.41) is 1.22. The third-order valence-electron chi connectivity index (χ3n) is 9.90. The zero-order chi connectivity index (χ0) is 36.1. The Hall–Kier alpha value is -7.23. The maximum absolute atomic E-state index is 4.18. The Balaban J connectivity index is 1.13. The van der Waals surface area contributed by atoms with Crippen molar-refractivity contribution in [3.63, 3.8) is 0 Å². The van der Waals surface area contributed by atoms with Crippen molar-refractivity contribution in [1.29, 1.82) is 0 Å². The van der Waals surface area contributed by atoms with Crippen molar-refractivity contribution in [2.24, 2.45) is 0 Å². The lowest BCUT2D eigenvalue weighted by atomic mass is 9.97. The number of hydrogen-bond acceptors (Lipinski definition) is 2. The minimum atomic E-state index is 1.09. The molecular formula is C51H37N3. The first-order valence-corrected chi connectivity index (χ1v) is 18.3. The number of rotatable bonds is 9. The first kappa shape index (κ1) is 32.7. The molecule has 3 nitrogen and oxygen atoms in total. The number of para-hydroxylation sites is 3. The van der Waals surface area contributed by atoms with E-state index < -0.39 is 0 Å². The fourth-order valence-electron chi connectivity index (χ4n) is 7.39. The molecule has 256 valence electrons. The maximum Gasteiger partial charge on any atom is 0.0619 e. The summed E-state index contributed by atoms with van der Waals surface area (Å²) in [7, 11) is 0. The number of fused-ring (bicyclic) bond motifs is 1. The van der Waals surface area contributed by atoms with Crippen molar-refractivity contribution in [3.05, 3.63) is 224 Å². The van der Waals surface area contributed by atoms with Gasteiger partial charge in [0.05, 0.1) is 11.2 Å². The van der Waals surface area contributed by atoms with Gasteiger partial charge in [0.1, 0.15) is 0 Å². The molecule has 2 aromatic heterocycles. The third kappa shape index (κ3) is 6.40. The fourth-order valence-corrected chi connectivity index (χ4v) is 7.39. The minimum Gasteiger partial charge on any atom is -0.311 e. The molecule has 9 aromatic rings. The summed E-state index contributed by atoms with van der Waals surface area (Å²) in [6, 6.07) is 71.1. The number of benzene rings is 7. The zero-order valence-corrected chi connectivity index (χ0v) is 29.7. The lowest BCUT2D eigenvalue weighted by molar-refractivity contribution is 1.13. The molecular weight excluding hydrogens is 655 g/mol. The molecule has 0 amide bonds. The topological polar surface area (TPSA) is 21.1 Å². The number of anilines is 3. The second-order valence-electron chi connectivity index (χ2n) is 13.2. The summed E-state index contributed by atoms with van der Waals surface area (Å²) in [5.41, 5.74) is 15.0. The van der Waals surface area contributed by atoms with Crippen LogP contribution in [0.25, 0.3) is 62.3 Å². The number of pyridine rings is 1. The van der Waals surface area contributed by atoms with Crippen LogP contribution >= 0.6 is 0 Å². The van der Waals surface area contributed by atoms with Gasteiger partial charge in [0.15, 0.2) is 0 Å². The Morgan fingerprint density at radius 3 is 1.59 bits per heavy atom. The van der Waals surface area contributed by atoms with E-state index in [0.717, 1.165) is 45.0 Å². The quantitative estimate of drug-likeness (QED) is 0.141. The third-order valence-corrected chi connectivity index (χ3v) is 9.90. The van der Waals surface area contributed by atoms with Crippen LogP contribution in [-0.4, -0.2) is 9.55 Å². The van der Waals surface area contributed by atoms with Crippen LogP contribution in [0.15, 0.2) is 213 Å². The predicted molar refractivity (Wildman–Crippen MR) is 227 cm³/mol. The van der Waals surface area contributed by atoms with E-state index in [2.05, 4.69) is 215 Å². The molecule has 0 fully saturated rings. The minimum absolute atomic E-state index is 1.09. The molecule has 0 aliphatic carbocycles. The van der Waals surface area contributed by atoms with Crippen LogP contribution in [0, 0.1) is 0 Å². The molecule has 9 rings (SSSR count). The summed E-state index contributed by atoms with van der Waals surface area (Å²) in [5.74, 6) is 0. The van der Waals surface area contributed by atoms with Crippen LogP contribution in [0.2, 0.25) is 0 Å². The second kappa shape index (κ2) is 14.8. The zero-order valence-electron chi connectivity index (χ0n) is 29.7. The Bertz CT molecular complexity index is 2650. The highest BCUT2D eigenvalue weighted by molar-refractivity contribution is 6.08. The van der Waals surface area contributed by atoms with Gasteiger partial charge in [-0.25, -0.2) is 0 Å². The molecule has 0 N–H and O–H groups in total. The second-order valence-corrected chi connectivity index (χ2v) is 13.2. The van der Waals surface area contributed by atoms with Crippen LogP contribution in [0.1, 0.15) is 11.1 Å². The highest BCUT2D eigenvalue weighted by Crippen LogP contribution is 2.44. The first-order valence-electron chi connectivity index (χ1n) is 18.3. The van der Waals surface area contributed by atoms with E-state index in [4.69, 9.17) is 0 Å². The summed E-state index contributed by atoms with van der Waals surface area (Å²) < 4.78 is 2.44. The Morgan fingerprint density at radius 2 is 0.944 bits per heavy atom. The highest BCUT2D eigenvalue weighted by Gasteiger charge is 2.22. The molecule has 54 heavy (non-hydrogen) atoms. The van der Waals surface area contributed by atoms with Gasteiger partial charge in [0.25, 0.3) is 0 Å². The van der Waals surface area contributed by atoms with Gasteiger partial charge in [0.2, 0.25) is 0 Å². The van der Waals surface area contributed by atoms with Crippen molar-refractivity contribution >= 4 is 40.1 Å². The van der Waals surface area contributed by atoms with Gasteiger partial charge in [-0.05, 0) is 94.0 Å². The number of aromatic nitrogens is 2. The van der Waals surface area contributed by atoms with Crippen molar-refractivity contribution in [2.75, 3.05) is 4.90 Å².